The van der Waals surface area contributed by atoms with Crippen molar-refractivity contribution in [2.45, 2.75) is 18.9 Å². The van der Waals surface area contributed by atoms with E-state index in [1.54, 1.807) is 17.0 Å². The van der Waals surface area contributed by atoms with E-state index in [1.807, 2.05) is 0 Å². The zero-order valence-corrected chi connectivity index (χ0v) is 12.0. The molecule has 1 N–H and O–H groups in total. The Morgan fingerprint density at radius 2 is 1.90 bits per heavy atom. The van der Waals surface area contributed by atoms with Crippen LogP contribution >= 0.6 is 0 Å². The first-order valence-corrected chi connectivity index (χ1v) is 7.59. The van der Waals surface area contributed by atoms with Crippen molar-refractivity contribution in [2.24, 2.45) is 5.92 Å². The summed E-state index contributed by atoms with van der Waals surface area (Å²) in [7, 11) is 0. The largest absolute Gasteiger partial charge is 0.392 e. The fraction of sp³-hybridized carbons (Fsp3) is 0.562. The third-order valence-corrected chi connectivity index (χ3v) is 4.38. The Morgan fingerprint density at radius 3 is 2.52 bits per heavy atom. The van der Waals surface area contributed by atoms with Crippen molar-refractivity contribution in [2.75, 3.05) is 32.7 Å². The summed E-state index contributed by atoms with van der Waals surface area (Å²) in [4.78, 5) is 16.2. The summed E-state index contributed by atoms with van der Waals surface area (Å²) in [5.41, 5.74) is 0.143. The minimum Gasteiger partial charge on any atom is -0.392 e. The molecule has 1 aliphatic carbocycles. The molecule has 1 aromatic carbocycles. The van der Waals surface area contributed by atoms with E-state index in [0.717, 1.165) is 25.9 Å². The average Bonchev–Trinajstić information content (AvgIpc) is 3.32. The van der Waals surface area contributed by atoms with Gasteiger partial charge in [0.25, 0.3) is 5.91 Å². The van der Waals surface area contributed by atoms with Crippen LogP contribution in [-0.2, 0) is 0 Å². The predicted molar refractivity (Wildman–Crippen MR) is 77.5 cm³/mol. The highest BCUT2D eigenvalue weighted by molar-refractivity contribution is 5.94. The molecule has 0 bridgehead atoms. The molecular formula is C16H21FN2O2. The van der Waals surface area contributed by atoms with E-state index in [-0.39, 0.29) is 17.6 Å². The molecule has 5 heteroatoms. The molecule has 4 nitrogen and oxygen atoms in total. The maximum absolute atomic E-state index is 13.6. The zero-order valence-electron chi connectivity index (χ0n) is 12.0. The second-order valence-electron chi connectivity index (χ2n) is 5.98. The number of aliphatic hydroxyl groups excluding tert-OH is 1. The lowest BCUT2D eigenvalue weighted by Gasteiger charge is -2.35. The molecule has 1 heterocycles. The number of amides is 1. The summed E-state index contributed by atoms with van der Waals surface area (Å²) in [5, 5.41) is 9.96. The Balaban J connectivity index is 1.53. The fourth-order valence-corrected chi connectivity index (χ4v) is 2.83. The summed E-state index contributed by atoms with van der Waals surface area (Å²) in [6.07, 6.45) is 2.03. The van der Waals surface area contributed by atoms with Gasteiger partial charge in [0.1, 0.15) is 5.82 Å². The van der Waals surface area contributed by atoms with E-state index in [0.29, 0.717) is 25.6 Å². The summed E-state index contributed by atoms with van der Waals surface area (Å²) >= 11 is 0. The highest BCUT2D eigenvalue weighted by atomic mass is 19.1. The molecule has 0 spiro atoms. The Kier molecular flexibility index (Phi) is 4.22. The van der Waals surface area contributed by atoms with Gasteiger partial charge in [0, 0.05) is 32.7 Å². The number of hydrogen-bond acceptors (Lipinski definition) is 3. The van der Waals surface area contributed by atoms with E-state index >= 15 is 0 Å². The number of halogens is 1. The molecule has 114 valence electrons. The SMILES string of the molecule is O=C(c1ccccc1F)N1CCN(C[C@@H](O)C2CC2)CC1. The van der Waals surface area contributed by atoms with Gasteiger partial charge in [-0.3, -0.25) is 9.69 Å². The normalized spacial score (nSPS) is 21.3. The molecule has 1 amide bonds. The number of benzene rings is 1. The minimum atomic E-state index is -0.464. The highest BCUT2D eigenvalue weighted by Crippen LogP contribution is 2.32. The molecule has 1 aromatic rings. The maximum Gasteiger partial charge on any atom is 0.256 e. The lowest BCUT2D eigenvalue weighted by molar-refractivity contribution is 0.0485. The van der Waals surface area contributed by atoms with E-state index in [1.165, 1.54) is 12.1 Å². The third-order valence-electron chi connectivity index (χ3n) is 4.38. The number of nitrogens with zero attached hydrogens (tertiary/aromatic N) is 2. The lowest BCUT2D eigenvalue weighted by atomic mass is 10.1. The number of aliphatic hydroxyl groups is 1. The lowest BCUT2D eigenvalue weighted by Crippen LogP contribution is -2.50. The Morgan fingerprint density at radius 1 is 1.24 bits per heavy atom. The van der Waals surface area contributed by atoms with Crippen LogP contribution in [0.1, 0.15) is 23.2 Å². The molecule has 1 atom stereocenters. The van der Waals surface area contributed by atoms with Crippen LogP contribution in [0.15, 0.2) is 24.3 Å². The smallest absolute Gasteiger partial charge is 0.256 e. The first-order valence-electron chi connectivity index (χ1n) is 7.59. The van der Waals surface area contributed by atoms with Gasteiger partial charge in [-0.1, -0.05) is 12.1 Å². The number of β-amino-alcohol motifs (C(OH)–C–C–N with tert-alkyl or cyclic N) is 1. The van der Waals surface area contributed by atoms with Gasteiger partial charge in [-0.2, -0.15) is 0 Å². The average molecular weight is 292 g/mol. The second-order valence-corrected chi connectivity index (χ2v) is 5.98. The van der Waals surface area contributed by atoms with Gasteiger partial charge in [-0.25, -0.2) is 4.39 Å². The number of carbonyl (C=O) groups is 1. The number of carbonyl (C=O) groups excluding carboxylic acids is 1. The van der Waals surface area contributed by atoms with Crippen molar-refractivity contribution in [1.29, 1.82) is 0 Å². The molecular weight excluding hydrogens is 271 g/mol. The quantitative estimate of drug-likeness (QED) is 0.911. The molecule has 21 heavy (non-hydrogen) atoms. The van der Waals surface area contributed by atoms with Crippen LogP contribution in [-0.4, -0.2) is 59.6 Å². The van der Waals surface area contributed by atoms with Gasteiger partial charge in [0.2, 0.25) is 0 Å². The van der Waals surface area contributed by atoms with E-state index in [4.69, 9.17) is 0 Å². The number of rotatable bonds is 4. The molecule has 3 rings (SSSR count). The fourth-order valence-electron chi connectivity index (χ4n) is 2.83. The molecule has 2 fully saturated rings. The first kappa shape index (κ1) is 14.5. The molecule has 0 unspecified atom stereocenters. The van der Waals surface area contributed by atoms with Crippen LogP contribution in [0, 0.1) is 11.7 Å². The van der Waals surface area contributed by atoms with Gasteiger partial charge in [0.15, 0.2) is 0 Å². The van der Waals surface area contributed by atoms with Crippen molar-refractivity contribution >= 4 is 5.91 Å². The molecule has 1 aliphatic heterocycles. The highest BCUT2D eigenvalue weighted by Gasteiger charge is 2.32. The summed E-state index contributed by atoms with van der Waals surface area (Å²) < 4.78 is 13.6. The Bertz CT molecular complexity index is 511. The molecule has 0 aromatic heterocycles. The van der Waals surface area contributed by atoms with Gasteiger partial charge in [0.05, 0.1) is 11.7 Å². The van der Waals surface area contributed by atoms with Gasteiger partial charge in [-0.15, -0.1) is 0 Å². The number of hydrogen-bond donors (Lipinski definition) is 1. The third kappa shape index (κ3) is 3.41. The first-order chi connectivity index (χ1) is 10.1. The van der Waals surface area contributed by atoms with Gasteiger partial charge < -0.3 is 10.0 Å². The van der Waals surface area contributed by atoms with Crippen LogP contribution in [0.2, 0.25) is 0 Å². The van der Waals surface area contributed by atoms with Crippen LogP contribution in [0.4, 0.5) is 4.39 Å². The van der Waals surface area contributed by atoms with Gasteiger partial charge >= 0.3 is 0 Å². The van der Waals surface area contributed by atoms with Gasteiger partial charge in [-0.05, 0) is 30.9 Å². The van der Waals surface area contributed by atoms with Crippen molar-refractivity contribution in [3.63, 3.8) is 0 Å². The Labute approximate surface area is 124 Å². The van der Waals surface area contributed by atoms with E-state index in [2.05, 4.69) is 4.90 Å². The van der Waals surface area contributed by atoms with Crippen molar-refractivity contribution in [3.8, 4) is 0 Å². The predicted octanol–water partition coefficient (Wildman–Crippen LogP) is 1.35. The molecule has 2 aliphatic rings. The monoisotopic (exact) mass is 292 g/mol. The van der Waals surface area contributed by atoms with Crippen LogP contribution in [0.25, 0.3) is 0 Å². The maximum atomic E-state index is 13.6. The standard InChI is InChI=1S/C16H21FN2O2/c17-14-4-2-1-3-13(14)16(21)19-9-7-18(8-10-19)11-15(20)12-5-6-12/h1-4,12,15,20H,5-11H2/t15-/m1/s1. The topological polar surface area (TPSA) is 43.8 Å². The minimum absolute atomic E-state index is 0.143. The molecule has 0 radical (unpaired) electrons. The second kappa shape index (κ2) is 6.12. The van der Waals surface area contributed by atoms with Crippen LogP contribution in [0.3, 0.4) is 0 Å². The zero-order chi connectivity index (χ0) is 14.8. The van der Waals surface area contributed by atoms with E-state index < -0.39 is 5.82 Å². The van der Waals surface area contributed by atoms with Crippen LogP contribution in [0.5, 0.6) is 0 Å². The van der Waals surface area contributed by atoms with Crippen molar-refractivity contribution in [1.82, 2.24) is 9.80 Å². The molecule has 1 saturated carbocycles. The van der Waals surface area contributed by atoms with Crippen molar-refractivity contribution in [3.05, 3.63) is 35.6 Å². The van der Waals surface area contributed by atoms with Crippen LogP contribution < -0.4 is 0 Å². The Hall–Kier alpha value is -1.46. The van der Waals surface area contributed by atoms with E-state index in [9.17, 15) is 14.3 Å². The summed E-state index contributed by atoms with van der Waals surface area (Å²) in [6.45, 7) is 3.34. The van der Waals surface area contributed by atoms with Crippen molar-refractivity contribution < 1.29 is 14.3 Å². The molecule has 1 saturated heterocycles. The summed E-state index contributed by atoms with van der Waals surface area (Å²) in [6, 6.07) is 6.11. The number of piperazine rings is 1. The summed E-state index contributed by atoms with van der Waals surface area (Å²) in [5.74, 6) is -0.229.